The number of fused-ring (bicyclic) bond motifs is 20. The van der Waals surface area contributed by atoms with Gasteiger partial charge in [-0.2, -0.15) is 0 Å². The monoisotopic (exact) mass is 1810 g/mol. The Kier molecular flexibility index (Phi) is 17.6. The van der Waals surface area contributed by atoms with Gasteiger partial charge in [-0.05, 0) is 389 Å². The summed E-state index contributed by atoms with van der Waals surface area (Å²) in [6.45, 7) is 0. The van der Waals surface area contributed by atoms with E-state index in [1.54, 1.807) is 33.4 Å². The molecule has 0 unspecified atom stereocenters. The second-order valence-corrected chi connectivity index (χ2v) is 44.1. The maximum absolute atomic E-state index is 6.49. The van der Waals surface area contributed by atoms with Crippen molar-refractivity contribution in [3.05, 3.63) is 428 Å². The predicted molar refractivity (Wildman–Crippen MR) is 575 cm³/mol. The van der Waals surface area contributed by atoms with E-state index < -0.39 is 0 Å². The van der Waals surface area contributed by atoms with Crippen molar-refractivity contribution in [3.8, 4) is 44.5 Å². The van der Waals surface area contributed by atoms with Gasteiger partial charge in [0.25, 0.3) is 0 Å². The molecule has 6 nitrogen and oxygen atoms in total. The molecule has 0 atom stereocenters. The summed E-state index contributed by atoms with van der Waals surface area (Å²) in [6, 6.07) is 147. The summed E-state index contributed by atoms with van der Waals surface area (Å²) >= 11 is 0. The maximum atomic E-state index is 6.49. The van der Waals surface area contributed by atoms with Crippen molar-refractivity contribution < 1.29 is 13.3 Å². The van der Waals surface area contributed by atoms with Crippen LogP contribution in [0.4, 0.5) is 51.2 Å². The Hall–Kier alpha value is -14.7. The van der Waals surface area contributed by atoms with Crippen LogP contribution in [-0.2, 0) is 16.2 Å². The summed E-state index contributed by atoms with van der Waals surface area (Å²) in [5, 5.41) is 12.0. The van der Waals surface area contributed by atoms with Crippen molar-refractivity contribution in [2.75, 3.05) is 14.7 Å². The van der Waals surface area contributed by atoms with Crippen LogP contribution >= 0.6 is 0 Å². The summed E-state index contributed by atoms with van der Waals surface area (Å²) in [6.07, 6.45) is 21.1. The van der Waals surface area contributed by atoms with Crippen LogP contribution in [0.15, 0.2) is 408 Å². The van der Waals surface area contributed by atoms with E-state index in [0.717, 1.165) is 148 Å². The van der Waals surface area contributed by atoms with Crippen molar-refractivity contribution in [2.24, 2.45) is 71.0 Å². The van der Waals surface area contributed by atoms with Gasteiger partial charge in [-0.3, -0.25) is 0 Å². The fourth-order valence-electron chi connectivity index (χ4n) is 32.9. The molecule has 0 saturated heterocycles. The van der Waals surface area contributed by atoms with Crippen molar-refractivity contribution in [3.63, 3.8) is 0 Å². The molecule has 15 aliphatic carbocycles. The second kappa shape index (κ2) is 30.6. The minimum atomic E-state index is 0.0961. The molecular formula is C134H107N3O3. The first-order chi connectivity index (χ1) is 69.2. The lowest BCUT2D eigenvalue weighted by Crippen LogP contribution is -2.55. The van der Waals surface area contributed by atoms with E-state index >= 15 is 0 Å². The van der Waals surface area contributed by atoms with Crippen LogP contribution in [0.25, 0.3) is 132 Å². The van der Waals surface area contributed by atoms with Crippen LogP contribution in [0, 0.1) is 71.0 Å². The molecule has 0 N–H and O–H groups in total. The number of hydrogen-bond acceptors (Lipinski definition) is 6. The smallest absolute Gasteiger partial charge is 0.143 e. The Morgan fingerprint density at radius 1 is 0.171 bits per heavy atom. The van der Waals surface area contributed by atoms with Gasteiger partial charge in [-0.1, -0.05) is 255 Å². The summed E-state index contributed by atoms with van der Waals surface area (Å²) in [5.41, 5.74) is 37.2. The summed E-state index contributed by atoms with van der Waals surface area (Å²) in [7, 11) is 0. The zero-order valence-corrected chi connectivity index (χ0v) is 78.6. The van der Waals surface area contributed by atoms with Crippen LogP contribution < -0.4 is 14.7 Å². The third kappa shape index (κ3) is 11.7. The lowest BCUT2D eigenvalue weighted by Gasteiger charge is -2.61. The molecule has 15 aliphatic rings. The number of rotatable bonds is 10. The first kappa shape index (κ1) is 80.3. The highest BCUT2D eigenvalue weighted by molar-refractivity contribution is 6.11. The normalized spacial score (nSPS) is 25.2. The predicted octanol–water partition coefficient (Wildman–Crippen LogP) is 36.3. The molecule has 0 aliphatic heterocycles. The standard InChI is InChI=1S/C52H39NO2.C44H35NO.C38H33N/c1-4-13-46-40(8-1)41-22-20-37(29-47(41)52(46)34-25-31-24-32(27-34)28-35(52)26-31)53(38-21-23-44-42-9-2-5-14-48(42)54-50(44)30-38)36-18-16-33(17-19-36)39-11-7-12-45-43-10-3-6-15-49(43)55-51(39)45;1-2-8-30-24-33(14-13-29(30)7-1)45(35-16-18-39-38-10-4-6-12-42(38)46-43(39)26-35)34-15-17-37-36-9-3-5-11-40(36)44(41(37)25-34)31-20-27-19-28(22-31)23-32(44)21-27;1-2-10-31(11-3-1)39(32-15-14-27-8-4-5-9-28(27)23-32)33-16-17-35-34-12-6-7-13-36(34)38(37(35)24-33)29-19-25-18-26(21-29)22-30(38)20-25/h1-23,29-32,34-35H,24-28H2;1-18,24-28,31-32H,19-23H2;1-17,23-26,29-30H,18-22H2. The van der Waals surface area contributed by atoms with Crippen LogP contribution in [0.5, 0.6) is 0 Å². The first-order valence-corrected chi connectivity index (χ1v) is 52.2. The molecule has 0 radical (unpaired) electrons. The molecule has 21 aromatic rings. The average molecular weight is 1810 g/mol. The van der Waals surface area contributed by atoms with Crippen LogP contribution in [0.1, 0.15) is 130 Å². The Bertz CT molecular complexity index is 8590. The third-order valence-electron chi connectivity index (χ3n) is 37.5. The van der Waals surface area contributed by atoms with Gasteiger partial charge in [-0.15, -0.1) is 0 Å². The topological polar surface area (TPSA) is 49.1 Å². The number of nitrogens with zero attached hydrogens (tertiary/aromatic N) is 3. The maximum Gasteiger partial charge on any atom is 0.143 e. The third-order valence-corrected chi connectivity index (χ3v) is 37.5. The molecule has 3 aromatic heterocycles. The highest BCUT2D eigenvalue weighted by atomic mass is 16.3. The van der Waals surface area contributed by atoms with Gasteiger partial charge in [-0.25, -0.2) is 0 Å². The van der Waals surface area contributed by atoms with Gasteiger partial charge in [0.1, 0.15) is 33.5 Å². The molecule has 0 amide bonds. The first-order valence-electron chi connectivity index (χ1n) is 52.2. The summed E-state index contributed by atoms with van der Waals surface area (Å²) < 4.78 is 19.4. The Morgan fingerprint density at radius 2 is 0.450 bits per heavy atom. The van der Waals surface area contributed by atoms with Crippen molar-refractivity contribution in [2.45, 2.75) is 113 Å². The molecule has 18 aromatic carbocycles. The highest BCUT2D eigenvalue weighted by Crippen LogP contribution is 2.74. The van der Waals surface area contributed by atoms with E-state index in [1.165, 1.54) is 191 Å². The van der Waals surface area contributed by atoms with E-state index in [-0.39, 0.29) is 16.2 Å². The van der Waals surface area contributed by atoms with E-state index in [9.17, 15) is 0 Å². The quantitative estimate of drug-likeness (QED) is 0.136. The zero-order valence-electron chi connectivity index (χ0n) is 78.6. The molecule has 12 saturated carbocycles. The van der Waals surface area contributed by atoms with Gasteiger partial charge >= 0.3 is 0 Å². The molecule has 3 spiro atoms. The molecule has 676 valence electrons. The second-order valence-electron chi connectivity index (χ2n) is 44.1. The van der Waals surface area contributed by atoms with Gasteiger partial charge in [0.2, 0.25) is 0 Å². The lowest BCUT2D eigenvalue weighted by atomic mass is 9.43. The van der Waals surface area contributed by atoms with Crippen LogP contribution in [-0.4, -0.2) is 0 Å². The van der Waals surface area contributed by atoms with Gasteiger partial charge in [0, 0.05) is 117 Å². The fourth-order valence-corrected chi connectivity index (χ4v) is 32.9. The Labute approximate surface area is 816 Å². The van der Waals surface area contributed by atoms with Gasteiger partial charge < -0.3 is 28.0 Å². The molecule has 3 heterocycles. The molecule has 6 heteroatoms. The van der Waals surface area contributed by atoms with Crippen molar-refractivity contribution in [1.29, 1.82) is 0 Å². The lowest BCUT2D eigenvalue weighted by molar-refractivity contribution is -0.0399. The van der Waals surface area contributed by atoms with E-state index in [2.05, 4.69) is 397 Å². The number of furan rings is 3. The summed E-state index contributed by atoms with van der Waals surface area (Å²) in [5.74, 6) is 10.0. The average Bonchev–Trinajstić information content (AvgIpc) is 1.50. The van der Waals surface area contributed by atoms with Crippen LogP contribution in [0.2, 0.25) is 0 Å². The van der Waals surface area contributed by atoms with E-state index in [1.807, 2.05) is 12.1 Å². The number of benzene rings is 18. The number of anilines is 9. The SMILES string of the molecule is c1ccc(N(c2ccc3c(c2)C2(c4ccccc4-3)C3CC4CC(C3)CC2C4)c2ccc3ccccc3c2)cc1.c1ccc2c(c1)-c1ccc(N(c3ccc(-c4cccc5c4oc4ccccc45)cc3)c3ccc4c(c3)oc3ccccc34)cc1C21C2CC3CC(C2)CC1C3.c1ccc2c(c1)-c1ccc(N(c3ccc4ccccc4c3)c3ccc4c(c3)oc3ccccc34)cc1C21C2CC3CC(C2)CC1C3. The summed E-state index contributed by atoms with van der Waals surface area (Å²) in [4.78, 5) is 7.39. The molecule has 36 rings (SSSR count). The fraction of sp³-hybridized carbons (Fsp3) is 0.224. The number of hydrogen-bond donors (Lipinski definition) is 0. The van der Waals surface area contributed by atoms with E-state index in [0.29, 0.717) is 11.8 Å². The minimum Gasteiger partial charge on any atom is -0.456 e. The van der Waals surface area contributed by atoms with Crippen molar-refractivity contribution >= 4 is 139 Å². The highest BCUT2D eigenvalue weighted by Gasteiger charge is 2.65. The molecular weight excluding hydrogens is 1700 g/mol. The number of para-hydroxylation sites is 5. The van der Waals surface area contributed by atoms with Gasteiger partial charge in [0.15, 0.2) is 0 Å². The molecule has 12 fully saturated rings. The van der Waals surface area contributed by atoms with E-state index in [4.69, 9.17) is 13.3 Å². The minimum absolute atomic E-state index is 0.0961. The largest absolute Gasteiger partial charge is 0.456 e. The van der Waals surface area contributed by atoms with Gasteiger partial charge in [0.05, 0.1) is 0 Å². The Balaban J connectivity index is 0.0000000982. The van der Waals surface area contributed by atoms with Crippen molar-refractivity contribution in [1.82, 2.24) is 0 Å². The van der Waals surface area contributed by atoms with Crippen LogP contribution in [0.3, 0.4) is 0 Å². The Morgan fingerprint density at radius 3 is 0.864 bits per heavy atom. The zero-order chi connectivity index (χ0) is 91.4. The molecule has 140 heavy (non-hydrogen) atoms. The molecule has 12 bridgehead atoms.